The molecule has 3 aromatic rings. The Hall–Kier alpha value is -2.97. The first-order valence-electron chi connectivity index (χ1n) is 10.7. The van der Waals surface area contributed by atoms with Gasteiger partial charge in [-0.3, -0.25) is 9.78 Å². The van der Waals surface area contributed by atoms with Gasteiger partial charge in [0.1, 0.15) is 5.75 Å². The first-order chi connectivity index (χ1) is 15.7. The molecular formula is C25H28N4O2S2. The Kier molecular flexibility index (Phi) is 6.41. The second-order valence-electron chi connectivity index (χ2n) is 9.05. The molecule has 0 radical (unpaired) electrons. The maximum atomic E-state index is 12.5. The number of rotatable bonds is 5. The number of benzene rings is 1. The molecule has 2 atom stereocenters. The van der Waals surface area contributed by atoms with E-state index in [9.17, 15) is 4.79 Å². The lowest BCUT2D eigenvalue weighted by atomic mass is 9.95. The van der Waals surface area contributed by atoms with Crippen molar-refractivity contribution in [1.82, 2.24) is 10.3 Å². The number of ether oxygens (including phenoxy) is 1. The molecule has 172 valence electrons. The topological polar surface area (TPSA) is 66.5 Å². The number of nitrogens with zero attached hydrogens (tertiary/aromatic N) is 2. The van der Waals surface area contributed by atoms with Gasteiger partial charge in [0.2, 0.25) is 5.91 Å². The van der Waals surface area contributed by atoms with Crippen LogP contribution in [0, 0.1) is 12.3 Å². The minimum Gasteiger partial charge on any atom is -0.494 e. The third-order valence-electron chi connectivity index (χ3n) is 5.66. The van der Waals surface area contributed by atoms with Gasteiger partial charge in [-0.2, -0.15) is 0 Å². The molecule has 1 fully saturated rings. The summed E-state index contributed by atoms with van der Waals surface area (Å²) >= 11 is 7.52. The maximum absolute atomic E-state index is 12.5. The SMILES string of the molecule is COc1cc(N2C(=S)N[C@@H](c3ccccn3)[C@@H]2c2sccc2C)ccc1NC(=O)C(C)(C)C. The third-order valence-corrected chi connectivity index (χ3v) is 7.07. The summed E-state index contributed by atoms with van der Waals surface area (Å²) in [5, 5.41) is 9.18. The molecule has 3 heterocycles. The van der Waals surface area contributed by atoms with Crippen LogP contribution in [0.1, 0.15) is 49.0 Å². The molecule has 0 unspecified atom stereocenters. The summed E-state index contributed by atoms with van der Waals surface area (Å²) in [5.41, 5.74) is 3.14. The zero-order valence-electron chi connectivity index (χ0n) is 19.4. The number of aryl methyl sites for hydroxylation is 1. The average Bonchev–Trinajstić information content (AvgIpc) is 3.36. The molecule has 1 amide bonds. The molecule has 0 spiro atoms. The van der Waals surface area contributed by atoms with Crippen LogP contribution in [-0.4, -0.2) is 23.1 Å². The first kappa shape index (κ1) is 23.2. The summed E-state index contributed by atoms with van der Waals surface area (Å²) in [6.45, 7) is 7.75. The van der Waals surface area contributed by atoms with Crippen molar-refractivity contribution < 1.29 is 9.53 Å². The number of amides is 1. The molecule has 8 heteroatoms. The van der Waals surface area contributed by atoms with Gasteiger partial charge in [-0.05, 0) is 60.4 Å². The fourth-order valence-corrected chi connectivity index (χ4v) is 5.23. The van der Waals surface area contributed by atoms with E-state index in [-0.39, 0.29) is 18.0 Å². The monoisotopic (exact) mass is 480 g/mol. The zero-order chi connectivity index (χ0) is 23.8. The Morgan fingerprint density at radius 1 is 1.24 bits per heavy atom. The number of methoxy groups -OCH3 is 1. The highest BCUT2D eigenvalue weighted by Crippen LogP contribution is 2.45. The molecule has 1 aliphatic heterocycles. The second kappa shape index (κ2) is 9.11. The van der Waals surface area contributed by atoms with Crippen LogP contribution in [0.3, 0.4) is 0 Å². The lowest BCUT2D eigenvalue weighted by molar-refractivity contribution is -0.123. The van der Waals surface area contributed by atoms with Crippen molar-refractivity contribution >= 4 is 45.9 Å². The van der Waals surface area contributed by atoms with Crippen molar-refractivity contribution in [2.45, 2.75) is 39.8 Å². The largest absolute Gasteiger partial charge is 0.494 e. The van der Waals surface area contributed by atoms with Crippen molar-refractivity contribution in [1.29, 1.82) is 0 Å². The van der Waals surface area contributed by atoms with E-state index in [0.717, 1.165) is 11.4 Å². The summed E-state index contributed by atoms with van der Waals surface area (Å²) in [6.07, 6.45) is 1.80. The Labute approximate surface area is 204 Å². The predicted molar refractivity (Wildman–Crippen MR) is 138 cm³/mol. The van der Waals surface area contributed by atoms with Crippen LogP contribution in [-0.2, 0) is 4.79 Å². The van der Waals surface area contributed by atoms with Gasteiger partial charge >= 0.3 is 0 Å². The van der Waals surface area contributed by atoms with Crippen LogP contribution >= 0.6 is 23.6 Å². The molecule has 4 rings (SSSR count). The van der Waals surface area contributed by atoms with E-state index in [2.05, 4.69) is 38.9 Å². The number of aromatic nitrogens is 1. The molecule has 2 aromatic heterocycles. The van der Waals surface area contributed by atoms with E-state index >= 15 is 0 Å². The van der Waals surface area contributed by atoms with Crippen molar-refractivity contribution in [2.75, 3.05) is 17.3 Å². The minimum absolute atomic E-state index is 0.0628. The predicted octanol–water partition coefficient (Wildman–Crippen LogP) is 5.62. The maximum Gasteiger partial charge on any atom is 0.229 e. The molecule has 33 heavy (non-hydrogen) atoms. The molecule has 1 saturated heterocycles. The van der Waals surface area contributed by atoms with E-state index < -0.39 is 5.41 Å². The van der Waals surface area contributed by atoms with Gasteiger partial charge in [0, 0.05) is 28.2 Å². The van der Waals surface area contributed by atoms with Crippen molar-refractivity contribution in [3.63, 3.8) is 0 Å². The summed E-state index contributed by atoms with van der Waals surface area (Å²) in [4.78, 5) is 20.5. The van der Waals surface area contributed by atoms with Crippen LogP contribution in [0.15, 0.2) is 54.0 Å². The van der Waals surface area contributed by atoms with Crippen LogP contribution in [0.4, 0.5) is 11.4 Å². The van der Waals surface area contributed by atoms with Crippen molar-refractivity contribution in [2.24, 2.45) is 5.41 Å². The number of carbonyl (C=O) groups is 1. The molecule has 2 N–H and O–H groups in total. The van der Waals surface area contributed by atoms with E-state index in [4.69, 9.17) is 17.0 Å². The number of anilines is 2. The Bertz CT molecular complexity index is 1170. The quantitative estimate of drug-likeness (QED) is 0.462. The smallest absolute Gasteiger partial charge is 0.229 e. The summed E-state index contributed by atoms with van der Waals surface area (Å²) in [7, 11) is 1.60. The first-order valence-corrected chi connectivity index (χ1v) is 12.0. The van der Waals surface area contributed by atoms with Crippen molar-refractivity contribution in [3.8, 4) is 5.75 Å². The molecule has 0 bridgehead atoms. The van der Waals surface area contributed by atoms with E-state index in [0.29, 0.717) is 16.5 Å². The van der Waals surface area contributed by atoms with Gasteiger partial charge < -0.3 is 20.3 Å². The van der Waals surface area contributed by atoms with Gasteiger partial charge in [-0.15, -0.1) is 11.3 Å². The van der Waals surface area contributed by atoms with Gasteiger partial charge in [0.25, 0.3) is 0 Å². The molecule has 1 aliphatic rings. The standard InChI is InChI=1S/C25H28N4O2S2/c1-15-11-13-33-22(15)21-20(18-8-6-7-12-26-18)28-24(32)29(21)16-9-10-17(19(14-16)31-5)27-23(30)25(2,3)4/h6-14,20-21H,1-5H3,(H,27,30)(H,28,32)/t20-,21+/m0/s1. The molecule has 1 aromatic carbocycles. The number of nitrogens with one attached hydrogen (secondary N) is 2. The number of pyridine rings is 1. The summed E-state index contributed by atoms with van der Waals surface area (Å²) in [6, 6.07) is 13.6. The Morgan fingerprint density at radius 3 is 2.64 bits per heavy atom. The highest BCUT2D eigenvalue weighted by Gasteiger charge is 2.42. The number of hydrogen-bond acceptors (Lipinski definition) is 5. The van der Waals surface area contributed by atoms with Crippen LogP contribution in [0.2, 0.25) is 0 Å². The number of thiocarbonyl (C=S) groups is 1. The lowest BCUT2D eigenvalue weighted by Crippen LogP contribution is -2.30. The highest BCUT2D eigenvalue weighted by molar-refractivity contribution is 7.80. The number of carbonyl (C=O) groups excluding carboxylic acids is 1. The molecule has 0 saturated carbocycles. The number of thiophene rings is 1. The van der Waals surface area contributed by atoms with Gasteiger partial charge in [0.15, 0.2) is 5.11 Å². The fourth-order valence-electron chi connectivity index (χ4n) is 3.83. The van der Waals surface area contributed by atoms with E-state index in [1.54, 1.807) is 24.6 Å². The number of hydrogen-bond donors (Lipinski definition) is 2. The Morgan fingerprint density at radius 2 is 2.03 bits per heavy atom. The van der Waals surface area contributed by atoms with E-state index in [1.807, 2.05) is 57.2 Å². The van der Waals surface area contributed by atoms with Gasteiger partial charge in [0.05, 0.1) is 30.6 Å². The normalized spacial score (nSPS) is 18.2. The minimum atomic E-state index is -0.512. The average molecular weight is 481 g/mol. The summed E-state index contributed by atoms with van der Waals surface area (Å²) in [5.74, 6) is 0.505. The second-order valence-corrected chi connectivity index (χ2v) is 10.4. The van der Waals surface area contributed by atoms with E-state index in [1.165, 1.54) is 10.4 Å². The molecule has 6 nitrogen and oxygen atoms in total. The fraction of sp³-hybridized carbons (Fsp3) is 0.320. The molecule has 0 aliphatic carbocycles. The van der Waals surface area contributed by atoms with Crippen LogP contribution in [0.25, 0.3) is 0 Å². The third kappa shape index (κ3) is 4.58. The van der Waals surface area contributed by atoms with Crippen LogP contribution in [0.5, 0.6) is 5.75 Å². The zero-order valence-corrected chi connectivity index (χ0v) is 21.0. The van der Waals surface area contributed by atoms with Crippen molar-refractivity contribution in [3.05, 3.63) is 70.2 Å². The van der Waals surface area contributed by atoms with Gasteiger partial charge in [-0.25, -0.2) is 0 Å². The van der Waals surface area contributed by atoms with Crippen LogP contribution < -0.4 is 20.3 Å². The summed E-state index contributed by atoms with van der Waals surface area (Å²) < 4.78 is 5.64. The lowest BCUT2D eigenvalue weighted by Gasteiger charge is -2.28. The molecular weight excluding hydrogens is 452 g/mol. The highest BCUT2D eigenvalue weighted by atomic mass is 32.1. The van der Waals surface area contributed by atoms with Gasteiger partial charge in [-0.1, -0.05) is 26.8 Å². The Balaban J connectivity index is 1.75.